The van der Waals surface area contributed by atoms with Crippen LogP contribution >= 0.6 is 11.6 Å². The highest BCUT2D eigenvalue weighted by molar-refractivity contribution is 6.33. The minimum absolute atomic E-state index is 0.605. The Labute approximate surface area is 118 Å². The van der Waals surface area contributed by atoms with Crippen molar-refractivity contribution in [3.8, 4) is 6.07 Å². The van der Waals surface area contributed by atoms with E-state index in [9.17, 15) is 0 Å². The average molecular weight is 271 g/mol. The van der Waals surface area contributed by atoms with Gasteiger partial charge in [-0.1, -0.05) is 42.8 Å². The molecule has 0 aromatic heterocycles. The maximum absolute atomic E-state index is 8.87. The number of nitrogens with zero attached hydrogens (tertiary/aromatic N) is 1. The quantitative estimate of drug-likeness (QED) is 0.895. The molecule has 0 radical (unpaired) electrons. The van der Waals surface area contributed by atoms with Crippen molar-refractivity contribution in [3.63, 3.8) is 0 Å². The summed E-state index contributed by atoms with van der Waals surface area (Å²) in [5.41, 5.74) is 3.91. The lowest BCUT2D eigenvalue weighted by atomic mass is 10.1. The second-order valence-electron chi connectivity index (χ2n) is 4.33. The highest BCUT2D eigenvalue weighted by atomic mass is 35.5. The number of benzene rings is 2. The molecule has 19 heavy (non-hydrogen) atoms. The van der Waals surface area contributed by atoms with Gasteiger partial charge >= 0.3 is 0 Å². The fourth-order valence-electron chi connectivity index (χ4n) is 1.82. The Balaban J connectivity index is 2.07. The van der Waals surface area contributed by atoms with E-state index in [1.54, 1.807) is 18.2 Å². The van der Waals surface area contributed by atoms with Crippen molar-refractivity contribution in [1.82, 2.24) is 0 Å². The minimum Gasteiger partial charge on any atom is -0.380 e. The summed E-state index contributed by atoms with van der Waals surface area (Å²) in [7, 11) is 0. The van der Waals surface area contributed by atoms with Gasteiger partial charge in [-0.2, -0.15) is 5.26 Å². The van der Waals surface area contributed by atoms with Gasteiger partial charge in [0.15, 0.2) is 0 Å². The summed E-state index contributed by atoms with van der Waals surface area (Å²) in [5, 5.41) is 12.8. The smallest absolute Gasteiger partial charge is 0.0992 e. The second-order valence-corrected chi connectivity index (χ2v) is 4.74. The summed E-state index contributed by atoms with van der Waals surface area (Å²) in [6, 6.07) is 15.8. The highest BCUT2D eigenvalue weighted by Crippen LogP contribution is 2.23. The molecule has 1 N–H and O–H groups in total. The van der Waals surface area contributed by atoms with E-state index in [1.807, 2.05) is 0 Å². The first-order chi connectivity index (χ1) is 9.22. The van der Waals surface area contributed by atoms with Crippen molar-refractivity contribution in [2.75, 3.05) is 5.32 Å². The molecule has 2 aromatic carbocycles. The molecule has 0 heterocycles. The van der Waals surface area contributed by atoms with Crippen LogP contribution in [0.15, 0.2) is 42.5 Å². The maximum atomic E-state index is 8.87. The fraction of sp³-hybridized carbons (Fsp3) is 0.188. The van der Waals surface area contributed by atoms with Gasteiger partial charge in [0.2, 0.25) is 0 Å². The Morgan fingerprint density at radius 3 is 2.42 bits per heavy atom. The van der Waals surface area contributed by atoms with E-state index in [1.165, 1.54) is 11.1 Å². The van der Waals surface area contributed by atoms with Crippen LogP contribution in [0.4, 0.5) is 5.69 Å². The summed E-state index contributed by atoms with van der Waals surface area (Å²) in [6.45, 7) is 2.83. The number of nitriles is 1. The minimum atomic E-state index is 0.605. The Morgan fingerprint density at radius 1 is 1.11 bits per heavy atom. The number of hydrogen-bond acceptors (Lipinski definition) is 2. The molecule has 0 unspecified atom stereocenters. The van der Waals surface area contributed by atoms with Crippen molar-refractivity contribution in [2.45, 2.75) is 19.9 Å². The van der Waals surface area contributed by atoms with E-state index in [2.05, 4.69) is 42.6 Å². The topological polar surface area (TPSA) is 35.8 Å². The van der Waals surface area contributed by atoms with Crippen LogP contribution in [0.3, 0.4) is 0 Å². The first kappa shape index (κ1) is 13.5. The number of nitrogens with one attached hydrogen (secondary N) is 1. The number of rotatable bonds is 4. The van der Waals surface area contributed by atoms with Crippen molar-refractivity contribution in [1.29, 1.82) is 5.26 Å². The summed E-state index contributed by atoms with van der Waals surface area (Å²) >= 11 is 6.10. The third kappa shape index (κ3) is 3.49. The molecule has 2 nitrogen and oxygen atoms in total. The standard InChI is InChI=1S/C16H15ClN2/c1-2-12-3-5-13(6-4-12)11-19-16-9-14(10-18)7-8-15(16)17/h3-9,19H,2,11H2,1H3. The molecule has 2 aromatic rings. The lowest BCUT2D eigenvalue weighted by Crippen LogP contribution is -2.00. The van der Waals surface area contributed by atoms with Crippen LogP contribution in [-0.4, -0.2) is 0 Å². The van der Waals surface area contributed by atoms with Crippen LogP contribution < -0.4 is 5.32 Å². The monoisotopic (exact) mass is 270 g/mol. The molecule has 0 amide bonds. The van der Waals surface area contributed by atoms with Crippen LogP contribution in [0.1, 0.15) is 23.6 Å². The van der Waals surface area contributed by atoms with Gasteiger partial charge in [0.05, 0.1) is 22.3 Å². The predicted octanol–water partition coefficient (Wildman–Crippen LogP) is 4.39. The van der Waals surface area contributed by atoms with Crippen molar-refractivity contribution >= 4 is 17.3 Å². The second kappa shape index (κ2) is 6.26. The van der Waals surface area contributed by atoms with E-state index in [4.69, 9.17) is 16.9 Å². The van der Waals surface area contributed by atoms with E-state index in [-0.39, 0.29) is 0 Å². The average Bonchev–Trinajstić information content (AvgIpc) is 2.47. The Hall–Kier alpha value is -1.98. The first-order valence-corrected chi connectivity index (χ1v) is 6.62. The van der Waals surface area contributed by atoms with Gasteiger partial charge < -0.3 is 5.32 Å². The van der Waals surface area contributed by atoms with Crippen LogP contribution in [0, 0.1) is 11.3 Å². The molecule has 0 spiro atoms. The molecule has 96 valence electrons. The number of hydrogen-bond donors (Lipinski definition) is 1. The lowest BCUT2D eigenvalue weighted by molar-refractivity contribution is 1.11. The predicted molar refractivity (Wildman–Crippen MR) is 79.3 cm³/mol. The Bertz CT molecular complexity index is 597. The molecule has 0 saturated carbocycles. The van der Waals surface area contributed by atoms with E-state index >= 15 is 0 Å². The number of halogens is 1. The third-order valence-corrected chi connectivity index (χ3v) is 3.34. The van der Waals surface area contributed by atoms with Gasteiger partial charge in [-0.3, -0.25) is 0 Å². The molecule has 0 saturated heterocycles. The zero-order valence-electron chi connectivity index (χ0n) is 10.8. The number of anilines is 1. The van der Waals surface area contributed by atoms with Gasteiger partial charge in [0.25, 0.3) is 0 Å². The Morgan fingerprint density at radius 2 is 1.79 bits per heavy atom. The molecule has 0 bridgehead atoms. The van der Waals surface area contributed by atoms with E-state index < -0.39 is 0 Å². The van der Waals surface area contributed by atoms with Gasteiger partial charge in [-0.05, 0) is 35.7 Å². The summed E-state index contributed by atoms with van der Waals surface area (Å²) < 4.78 is 0. The largest absolute Gasteiger partial charge is 0.380 e. The molecule has 0 atom stereocenters. The van der Waals surface area contributed by atoms with Crippen LogP contribution in [0.5, 0.6) is 0 Å². The molecule has 0 aliphatic heterocycles. The van der Waals surface area contributed by atoms with Crippen LogP contribution in [0.2, 0.25) is 5.02 Å². The third-order valence-electron chi connectivity index (χ3n) is 3.01. The van der Waals surface area contributed by atoms with Crippen molar-refractivity contribution in [2.24, 2.45) is 0 Å². The maximum Gasteiger partial charge on any atom is 0.0992 e. The summed E-state index contributed by atoms with van der Waals surface area (Å²) in [5.74, 6) is 0. The molecule has 0 aliphatic rings. The molecule has 2 rings (SSSR count). The van der Waals surface area contributed by atoms with Gasteiger partial charge in [0, 0.05) is 6.54 Å². The van der Waals surface area contributed by atoms with Crippen molar-refractivity contribution < 1.29 is 0 Å². The summed E-state index contributed by atoms with van der Waals surface area (Å²) in [4.78, 5) is 0. The van der Waals surface area contributed by atoms with Crippen molar-refractivity contribution in [3.05, 3.63) is 64.2 Å². The van der Waals surface area contributed by atoms with E-state index in [0.717, 1.165) is 12.1 Å². The molecule has 3 heteroatoms. The lowest BCUT2D eigenvalue weighted by Gasteiger charge is -2.09. The zero-order valence-corrected chi connectivity index (χ0v) is 11.5. The van der Waals surface area contributed by atoms with Crippen LogP contribution in [-0.2, 0) is 13.0 Å². The highest BCUT2D eigenvalue weighted by Gasteiger charge is 2.02. The molecular weight excluding hydrogens is 256 g/mol. The van der Waals surface area contributed by atoms with Gasteiger partial charge in [0.1, 0.15) is 0 Å². The molecule has 0 fully saturated rings. The normalized spacial score (nSPS) is 9.95. The number of aryl methyl sites for hydroxylation is 1. The van der Waals surface area contributed by atoms with Gasteiger partial charge in [-0.15, -0.1) is 0 Å². The van der Waals surface area contributed by atoms with Gasteiger partial charge in [-0.25, -0.2) is 0 Å². The zero-order chi connectivity index (χ0) is 13.7. The van der Waals surface area contributed by atoms with E-state index in [0.29, 0.717) is 17.1 Å². The van der Waals surface area contributed by atoms with Crippen LogP contribution in [0.25, 0.3) is 0 Å². The molecular formula is C16H15ClN2. The first-order valence-electron chi connectivity index (χ1n) is 6.24. The Kier molecular flexibility index (Phi) is 4.43. The SMILES string of the molecule is CCc1ccc(CNc2cc(C#N)ccc2Cl)cc1. The molecule has 0 aliphatic carbocycles. The fourth-order valence-corrected chi connectivity index (χ4v) is 2.00. The summed E-state index contributed by atoms with van der Waals surface area (Å²) in [6.07, 6.45) is 1.05.